The Bertz CT molecular complexity index is 1010. The predicted molar refractivity (Wildman–Crippen MR) is 107 cm³/mol. The minimum atomic E-state index is -3.45. The summed E-state index contributed by atoms with van der Waals surface area (Å²) in [6, 6.07) is 9.94. The third kappa shape index (κ3) is 5.42. The minimum absolute atomic E-state index is 0.0258. The maximum absolute atomic E-state index is 12.3. The Morgan fingerprint density at radius 2 is 1.64 bits per heavy atom. The first-order valence-corrected chi connectivity index (χ1v) is 10.7. The lowest BCUT2D eigenvalue weighted by Crippen LogP contribution is -2.31. The number of carbonyl (C=O) groups is 2. The molecule has 0 saturated heterocycles. The number of aryl methyl sites for hydroxylation is 3. The van der Waals surface area contributed by atoms with E-state index >= 15 is 0 Å². The first-order chi connectivity index (χ1) is 13.0. The molecule has 0 fully saturated rings. The van der Waals surface area contributed by atoms with Gasteiger partial charge in [0.25, 0.3) is 5.91 Å². The lowest BCUT2D eigenvalue weighted by atomic mass is 10.0. The van der Waals surface area contributed by atoms with Crippen molar-refractivity contribution >= 4 is 21.7 Å². The molecule has 7 heteroatoms. The van der Waals surface area contributed by atoms with E-state index in [2.05, 4.69) is 5.32 Å². The molecule has 0 unspecified atom stereocenters. The van der Waals surface area contributed by atoms with Crippen LogP contribution >= 0.6 is 0 Å². The summed E-state index contributed by atoms with van der Waals surface area (Å²) < 4.78 is 28.4. The molecule has 0 spiro atoms. The average molecular weight is 404 g/mol. The second kappa shape index (κ2) is 8.56. The first kappa shape index (κ1) is 21.6. The second-order valence-electron chi connectivity index (χ2n) is 6.96. The predicted octanol–water partition coefficient (Wildman–Crippen LogP) is 3.05. The van der Waals surface area contributed by atoms with Crippen LogP contribution < -0.4 is 5.32 Å². The van der Waals surface area contributed by atoms with Crippen molar-refractivity contribution in [2.75, 3.05) is 12.9 Å². The Morgan fingerprint density at radius 1 is 1.00 bits per heavy atom. The Morgan fingerprint density at radius 3 is 2.25 bits per heavy atom. The molecule has 28 heavy (non-hydrogen) atoms. The van der Waals surface area contributed by atoms with Crippen LogP contribution in [0, 0.1) is 20.8 Å². The summed E-state index contributed by atoms with van der Waals surface area (Å²) in [5, 5.41) is 2.79. The molecule has 2 rings (SSSR count). The van der Waals surface area contributed by atoms with Gasteiger partial charge in [0.1, 0.15) is 0 Å². The molecule has 0 radical (unpaired) electrons. The monoisotopic (exact) mass is 403 g/mol. The molecule has 2 aromatic carbocycles. The van der Waals surface area contributed by atoms with Crippen LogP contribution in [0.25, 0.3) is 0 Å². The number of sulfone groups is 1. The minimum Gasteiger partial charge on any atom is -0.452 e. The molecular weight excluding hydrogens is 378 g/mol. The number of amides is 1. The second-order valence-corrected chi connectivity index (χ2v) is 8.97. The highest BCUT2D eigenvalue weighted by Gasteiger charge is 2.17. The summed E-state index contributed by atoms with van der Waals surface area (Å²) in [7, 11) is -3.45. The topological polar surface area (TPSA) is 89.5 Å². The fourth-order valence-corrected chi connectivity index (χ4v) is 3.31. The van der Waals surface area contributed by atoms with Gasteiger partial charge in [0.2, 0.25) is 0 Å². The lowest BCUT2D eigenvalue weighted by molar-refractivity contribution is -0.124. The maximum Gasteiger partial charge on any atom is 0.338 e. The van der Waals surface area contributed by atoms with Gasteiger partial charge >= 0.3 is 5.97 Å². The van der Waals surface area contributed by atoms with Crippen LogP contribution in [0.5, 0.6) is 0 Å². The van der Waals surface area contributed by atoms with E-state index in [0.717, 1.165) is 17.4 Å². The number of hydrogen-bond donors (Lipinski definition) is 1. The number of rotatable bonds is 6. The van der Waals surface area contributed by atoms with Crippen molar-refractivity contribution in [3.63, 3.8) is 0 Å². The highest BCUT2D eigenvalue weighted by atomic mass is 32.2. The summed E-state index contributed by atoms with van der Waals surface area (Å²) in [6.45, 7) is 7.09. The van der Waals surface area contributed by atoms with Crippen molar-refractivity contribution in [3.8, 4) is 0 Å². The zero-order valence-electron chi connectivity index (χ0n) is 16.7. The summed E-state index contributed by atoms with van der Waals surface area (Å²) in [5.74, 6) is -1.17. The fraction of sp³-hybridized carbons (Fsp3) is 0.333. The van der Waals surface area contributed by atoms with E-state index in [1.54, 1.807) is 6.92 Å². The van der Waals surface area contributed by atoms with E-state index in [4.69, 9.17) is 4.74 Å². The molecule has 0 aromatic heterocycles. The van der Waals surface area contributed by atoms with E-state index in [1.807, 2.05) is 39.0 Å². The van der Waals surface area contributed by atoms with Gasteiger partial charge in [-0.25, -0.2) is 13.2 Å². The van der Waals surface area contributed by atoms with Crippen LogP contribution in [0.4, 0.5) is 0 Å². The normalized spacial score (nSPS) is 12.3. The largest absolute Gasteiger partial charge is 0.452 e. The quantitative estimate of drug-likeness (QED) is 0.749. The zero-order chi connectivity index (χ0) is 21.1. The Kier molecular flexibility index (Phi) is 6.61. The molecule has 2 aromatic rings. The van der Waals surface area contributed by atoms with Crippen LogP contribution in [0.15, 0.2) is 41.3 Å². The van der Waals surface area contributed by atoms with Crippen molar-refractivity contribution in [3.05, 3.63) is 64.2 Å². The van der Waals surface area contributed by atoms with E-state index < -0.39 is 28.3 Å². The third-order valence-electron chi connectivity index (χ3n) is 4.60. The first-order valence-electron chi connectivity index (χ1n) is 8.83. The van der Waals surface area contributed by atoms with Crippen molar-refractivity contribution in [1.29, 1.82) is 0 Å². The summed E-state index contributed by atoms with van der Waals surface area (Å²) in [5.41, 5.74) is 3.95. The molecule has 150 valence electrons. The average Bonchev–Trinajstić information content (AvgIpc) is 2.61. The smallest absolute Gasteiger partial charge is 0.338 e. The molecular formula is C21H25NO5S. The number of esters is 1. The van der Waals surface area contributed by atoms with E-state index in [0.29, 0.717) is 5.56 Å². The molecule has 0 aliphatic rings. The molecule has 0 bridgehead atoms. The standard InChI is InChI=1S/C21H25NO5S/c1-13-6-8-17(10-15(13)3)16(4)22-20(23)12-27-21(24)19-11-18(28(5,25)26)9-7-14(19)2/h6-11,16H,12H2,1-5H3,(H,22,23)/t16-/m1/s1. The SMILES string of the molecule is Cc1ccc([C@@H](C)NC(=O)COC(=O)c2cc(S(C)(=O)=O)ccc2C)cc1C. The van der Waals surface area contributed by atoms with Crippen LogP contribution in [-0.4, -0.2) is 33.2 Å². The fourth-order valence-electron chi connectivity index (χ4n) is 2.66. The van der Waals surface area contributed by atoms with Crippen LogP contribution in [-0.2, 0) is 19.4 Å². The van der Waals surface area contributed by atoms with Gasteiger partial charge in [-0.3, -0.25) is 4.79 Å². The number of benzene rings is 2. The van der Waals surface area contributed by atoms with Crippen LogP contribution in [0.1, 0.15) is 45.6 Å². The molecule has 1 amide bonds. The van der Waals surface area contributed by atoms with Crippen LogP contribution in [0.3, 0.4) is 0 Å². The molecule has 1 N–H and O–H groups in total. The van der Waals surface area contributed by atoms with Gasteiger partial charge in [-0.1, -0.05) is 24.3 Å². The van der Waals surface area contributed by atoms with Crippen LogP contribution in [0.2, 0.25) is 0 Å². The molecule has 0 aliphatic carbocycles. The Balaban J connectivity index is 2.00. The highest BCUT2D eigenvalue weighted by Crippen LogP contribution is 2.18. The van der Waals surface area contributed by atoms with Gasteiger partial charge in [0.15, 0.2) is 16.4 Å². The van der Waals surface area contributed by atoms with Gasteiger partial charge in [-0.15, -0.1) is 0 Å². The third-order valence-corrected chi connectivity index (χ3v) is 5.71. The number of hydrogen-bond acceptors (Lipinski definition) is 5. The van der Waals surface area contributed by atoms with Gasteiger partial charge in [0.05, 0.1) is 16.5 Å². The molecule has 0 aliphatic heterocycles. The number of nitrogens with one attached hydrogen (secondary N) is 1. The number of carbonyl (C=O) groups excluding carboxylic acids is 2. The van der Waals surface area contributed by atoms with Gasteiger partial charge in [0, 0.05) is 6.26 Å². The van der Waals surface area contributed by atoms with E-state index in [9.17, 15) is 18.0 Å². The maximum atomic E-state index is 12.3. The van der Waals surface area contributed by atoms with E-state index in [-0.39, 0.29) is 16.5 Å². The Hall–Kier alpha value is -2.67. The number of ether oxygens (including phenoxy) is 1. The molecule has 0 heterocycles. The highest BCUT2D eigenvalue weighted by molar-refractivity contribution is 7.90. The van der Waals surface area contributed by atoms with Crippen molar-refractivity contribution in [1.82, 2.24) is 5.32 Å². The van der Waals surface area contributed by atoms with Crippen molar-refractivity contribution < 1.29 is 22.7 Å². The molecule has 1 atom stereocenters. The van der Waals surface area contributed by atoms with Gasteiger partial charge in [-0.05, 0) is 62.1 Å². The van der Waals surface area contributed by atoms with Gasteiger partial charge < -0.3 is 10.1 Å². The van der Waals surface area contributed by atoms with Gasteiger partial charge in [-0.2, -0.15) is 0 Å². The molecule has 6 nitrogen and oxygen atoms in total. The summed E-state index contributed by atoms with van der Waals surface area (Å²) >= 11 is 0. The Labute approximate surface area is 165 Å². The summed E-state index contributed by atoms with van der Waals surface area (Å²) in [4.78, 5) is 24.5. The summed E-state index contributed by atoms with van der Waals surface area (Å²) in [6.07, 6.45) is 1.06. The van der Waals surface area contributed by atoms with Crippen molar-refractivity contribution in [2.24, 2.45) is 0 Å². The molecule has 0 saturated carbocycles. The lowest BCUT2D eigenvalue weighted by Gasteiger charge is -2.16. The van der Waals surface area contributed by atoms with E-state index in [1.165, 1.54) is 23.8 Å². The zero-order valence-corrected chi connectivity index (χ0v) is 17.5. The van der Waals surface area contributed by atoms with Crippen molar-refractivity contribution in [2.45, 2.75) is 38.6 Å².